The molecule has 0 aromatic heterocycles. The van der Waals surface area contributed by atoms with Gasteiger partial charge in [-0.25, -0.2) is 0 Å². The Balaban J connectivity index is 1.86. The molecular weight excluding hydrogens is 374 g/mol. The normalized spacial score (nSPS) is 14.4. The Morgan fingerprint density at radius 1 is 1.14 bits per heavy atom. The summed E-state index contributed by atoms with van der Waals surface area (Å²) in [5, 5.41) is 14.4. The summed E-state index contributed by atoms with van der Waals surface area (Å²) in [5.41, 5.74) is 1.12. The highest BCUT2D eigenvalue weighted by Crippen LogP contribution is 2.33. The number of methoxy groups -OCH3 is 2. The van der Waals surface area contributed by atoms with Crippen LogP contribution in [0, 0.1) is 16.0 Å². The monoisotopic (exact) mass is 399 g/mol. The molecule has 1 aliphatic heterocycles. The Kier molecular flexibility index (Phi) is 6.21. The van der Waals surface area contributed by atoms with E-state index >= 15 is 0 Å². The SMILES string of the molecule is COc1ccc(OC)c(NC(=O)c2ccc(N3CCC(C)CC3)c([N+](=O)[O-])c2)c1. The number of hydrogen-bond donors (Lipinski definition) is 1. The van der Waals surface area contributed by atoms with Crippen molar-refractivity contribution in [1.82, 2.24) is 0 Å². The first-order chi connectivity index (χ1) is 13.9. The fourth-order valence-corrected chi connectivity index (χ4v) is 3.43. The van der Waals surface area contributed by atoms with Gasteiger partial charge in [-0.3, -0.25) is 14.9 Å². The number of carbonyl (C=O) groups excluding carboxylic acids is 1. The molecule has 1 amide bonds. The fourth-order valence-electron chi connectivity index (χ4n) is 3.43. The standard InChI is InChI=1S/C21H25N3O5/c1-14-8-10-23(11-9-14)18-6-4-15(12-19(18)24(26)27)21(25)22-17-13-16(28-2)5-7-20(17)29-3/h4-7,12-14H,8-11H2,1-3H3,(H,22,25). The summed E-state index contributed by atoms with van der Waals surface area (Å²) in [6.07, 6.45) is 1.99. The van der Waals surface area contributed by atoms with Crippen LogP contribution in [0.5, 0.6) is 11.5 Å². The second-order valence-electron chi connectivity index (χ2n) is 7.15. The zero-order chi connectivity index (χ0) is 21.0. The van der Waals surface area contributed by atoms with E-state index < -0.39 is 10.8 Å². The molecular formula is C21H25N3O5. The van der Waals surface area contributed by atoms with Crippen molar-refractivity contribution in [1.29, 1.82) is 0 Å². The summed E-state index contributed by atoms with van der Waals surface area (Å²) in [5.74, 6) is 1.18. The number of benzene rings is 2. The van der Waals surface area contributed by atoms with Gasteiger partial charge in [0.05, 0.1) is 24.8 Å². The summed E-state index contributed by atoms with van der Waals surface area (Å²) in [6.45, 7) is 3.73. The van der Waals surface area contributed by atoms with Crippen molar-refractivity contribution in [2.75, 3.05) is 37.5 Å². The summed E-state index contributed by atoms with van der Waals surface area (Å²) in [6, 6.07) is 9.63. The Morgan fingerprint density at radius 3 is 2.48 bits per heavy atom. The second kappa shape index (κ2) is 8.81. The lowest BCUT2D eigenvalue weighted by Gasteiger charge is -2.31. The molecule has 0 atom stereocenters. The minimum absolute atomic E-state index is 0.0650. The van der Waals surface area contributed by atoms with E-state index in [9.17, 15) is 14.9 Å². The van der Waals surface area contributed by atoms with Crippen molar-refractivity contribution in [2.24, 2.45) is 5.92 Å². The van der Waals surface area contributed by atoms with Crippen LogP contribution >= 0.6 is 0 Å². The van der Waals surface area contributed by atoms with E-state index in [2.05, 4.69) is 12.2 Å². The van der Waals surface area contributed by atoms with Gasteiger partial charge >= 0.3 is 0 Å². The van der Waals surface area contributed by atoms with E-state index in [0.29, 0.717) is 28.8 Å². The smallest absolute Gasteiger partial charge is 0.293 e. The van der Waals surface area contributed by atoms with Crippen LogP contribution in [0.3, 0.4) is 0 Å². The average Bonchev–Trinajstić information content (AvgIpc) is 2.73. The van der Waals surface area contributed by atoms with E-state index in [4.69, 9.17) is 9.47 Å². The average molecular weight is 399 g/mol. The third kappa shape index (κ3) is 4.59. The highest BCUT2D eigenvalue weighted by atomic mass is 16.6. The van der Waals surface area contributed by atoms with Gasteiger partial charge in [0, 0.05) is 30.8 Å². The molecule has 0 radical (unpaired) electrons. The number of anilines is 2. The van der Waals surface area contributed by atoms with Crippen LogP contribution in [0.15, 0.2) is 36.4 Å². The van der Waals surface area contributed by atoms with Gasteiger partial charge in [-0.1, -0.05) is 6.92 Å². The minimum atomic E-state index is -0.460. The molecule has 29 heavy (non-hydrogen) atoms. The molecule has 2 aromatic rings. The zero-order valence-corrected chi connectivity index (χ0v) is 16.8. The van der Waals surface area contributed by atoms with Crippen LogP contribution in [-0.4, -0.2) is 38.1 Å². The molecule has 0 unspecified atom stereocenters. The van der Waals surface area contributed by atoms with E-state index in [-0.39, 0.29) is 11.3 Å². The van der Waals surface area contributed by atoms with E-state index in [1.165, 1.54) is 20.3 Å². The van der Waals surface area contributed by atoms with Crippen LogP contribution in [0.1, 0.15) is 30.1 Å². The molecule has 1 N–H and O–H groups in total. The highest BCUT2D eigenvalue weighted by Gasteiger charge is 2.25. The maximum absolute atomic E-state index is 12.7. The number of nitrogens with zero attached hydrogens (tertiary/aromatic N) is 2. The summed E-state index contributed by atoms with van der Waals surface area (Å²) >= 11 is 0. The van der Waals surface area contributed by atoms with Gasteiger partial charge in [-0.2, -0.15) is 0 Å². The maximum Gasteiger partial charge on any atom is 0.293 e. The quantitative estimate of drug-likeness (QED) is 0.581. The van der Waals surface area contributed by atoms with Crippen LogP contribution in [-0.2, 0) is 0 Å². The van der Waals surface area contributed by atoms with Gasteiger partial charge in [-0.05, 0) is 43.0 Å². The largest absolute Gasteiger partial charge is 0.497 e. The lowest BCUT2D eigenvalue weighted by Crippen LogP contribution is -2.33. The van der Waals surface area contributed by atoms with Crippen LogP contribution < -0.4 is 19.7 Å². The van der Waals surface area contributed by atoms with Crippen LogP contribution in [0.25, 0.3) is 0 Å². The number of piperidine rings is 1. The van der Waals surface area contributed by atoms with Gasteiger partial charge in [0.2, 0.25) is 0 Å². The molecule has 2 aromatic carbocycles. The van der Waals surface area contributed by atoms with Crippen molar-refractivity contribution in [3.63, 3.8) is 0 Å². The minimum Gasteiger partial charge on any atom is -0.497 e. The molecule has 154 valence electrons. The molecule has 0 spiro atoms. The molecule has 3 rings (SSSR count). The number of ether oxygens (including phenoxy) is 2. The predicted molar refractivity (Wildman–Crippen MR) is 111 cm³/mol. The predicted octanol–water partition coefficient (Wildman–Crippen LogP) is 4.10. The van der Waals surface area contributed by atoms with Gasteiger partial charge < -0.3 is 19.7 Å². The topological polar surface area (TPSA) is 93.9 Å². The molecule has 1 aliphatic rings. The molecule has 8 heteroatoms. The molecule has 1 saturated heterocycles. The summed E-state index contributed by atoms with van der Waals surface area (Å²) in [7, 11) is 3.02. The number of carbonyl (C=O) groups is 1. The third-order valence-electron chi connectivity index (χ3n) is 5.21. The van der Waals surface area contributed by atoms with Gasteiger partial charge in [0.25, 0.3) is 11.6 Å². The summed E-state index contributed by atoms with van der Waals surface area (Å²) in [4.78, 5) is 26.0. The first kappa shape index (κ1) is 20.4. The zero-order valence-electron chi connectivity index (χ0n) is 16.8. The van der Waals surface area contributed by atoms with Crippen molar-refractivity contribution in [2.45, 2.75) is 19.8 Å². The van der Waals surface area contributed by atoms with Crippen molar-refractivity contribution < 1.29 is 19.2 Å². The number of rotatable bonds is 6. The molecule has 8 nitrogen and oxygen atoms in total. The van der Waals surface area contributed by atoms with Gasteiger partial charge in [0.1, 0.15) is 17.2 Å². The molecule has 1 fully saturated rings. The number of nitro benzene ring substituents is 1. The molecule has 0 saturated carbocycles. The van der Waals surface area contributed by atoms with Crippen molar-refractivity contribution in [3.8, 4) is 11.5 Å². The third-order valence-corrected chi connectivity index (χ3v) is 5.21. The molecule has 0 bridgehead atoms. The lowest BCUT2D eigenvalue weighted by molar-refractivity contribution is -0.384. The number of nitrogens with one attached hydrogen (secondary N) is 1. The van der Waals surface area contributed by atoms with E-state index in [1.54, 1.807) is 30.3 Å². The number of nitro groups is 1. The lowest BCUT2D eigenvalue weighted by atomic mass is 9.98. The Morgan fingerprint density at radius 2 is 1.86 bits per heavy atom. The first-order valence-corrected chi connectivity index (χ1v) is 9.49. The molecule has 1 heterocycles. The Labute approximate surface area is 169 Å². The highest BCUT2D eigenvalue weighted by molar-refractivity contribution is 6.06. The Bertz CT molecular complexity index is 907. The van der Waals surface area contributed by atoms with Crippen LogP contribution in [0.2, 0.25) is 0 Å². The fraction of sp³-hybridized carbons (Fsp3) is 0.381. The van der Waals surface area contributed by atoms with Gasteiger partial charge in [0.15, 0.2) is 0 Å². The van der Waals surface area contributed by atoms with Crippen LogP contribution in [0.4, 0.5) is 17.1 Å². The number of amides is 1. The van der Waals surface area contributed by atoms with E-state index in [1.807, 2.05) is 4.90 Å². The van der Waals surface area contributed by atoms with Gasteiger partial charge in [-0.15, -0.1) is 0 Å². The maximum atomic E-state index is 12.7. The van der Waals surface area contributed by atoms with E-state index in [0.717, 1.165) is 25.9 Å². The summed E-state index contributed by atoms with van der Waals surface area (Å²) < 4.78 is 10.4. The number of hydrogen-bond acceptors (Lipinski definition) is 6. The van der Waals surface area contributed by atoms with Crippen molar-refractivity contribution >= 4 is 23.0 Å². The second-order valence-corrected chi connectivity index (χ2v) is 7.15. The van der Waals surface area contributed by atoms with Crippen molar-refractivity contribution in [3.05, 3.63) is 52.1 Å². The molecule has 0 aliphatic carbocycles. The first-order valence-electron chi connectivity index (χ1n) is 9.49. The Hall–Kier alpha value is -3.29.